The quantitative estimate of drug-likeness (QED) is 0.451. The summed E-state index contributed by atoms with van der Waals surface area (Å²) in [6, 6.07) is 9.69. The van der Waals surface area contributed by atoms with E-state index >= 15 is 0 Å². The molecule has 1 fully saturated rings. The molecule has 1 aliphatic rings. The number of benzene rings is 2. The molecule has 1 aliphatic heterocycles. The fourth-order valence-corrected chi connectivity index (χ4v) is 3.91. The van der Waals surface area contributed by atoms with Gasteiger partial charge in [-0.3, -0.25) is 9.69 Å². The second kappa shape index (κ2) is 11.0. The van der Waals surface area contributed by atoms with Gasteiger partial charge >= 0.3 is 0 Å². The highest BCUT2D eigenvalue weighted by molar-refractivity contribution is 5.92. The molecule has 184 valence electrons. The minimum Gasteiger partial charge on any atom is -0.493 e. The summed E-state index contributed by atoms with van der Waals surface area (Å²) in [6.45, 7) is 2.96. The molecule has 1 amide bonds. The molecule has 35 heavy (non-hydrogen) atoms. The number of nitrogens with zero attached hydrogens (tertiary/aromatic N) is 6. The number of hydrogen-bond acceptors (Lipinski definition) is 8. The number of carbonyl (C=O) groups excluding carboxylic acids is 1. The normalized spacial score (nSPS) is 14.3. The number of methoxy groups -OCH3 is 3. The van der Waals surface area contributed by atoms with E-state index in [1.54, 1.807) is 62.6 Å². The highest BCUT2D eigenvalue weighted by Gasteiger charge is 2.22. The van der Waals surface area contributed by atoms with Crippen LogP contribution in [0.15, 0.2) is 42.5 Å². The van der Waals surface area contributed by atoms with E-state index in [9.17, 15) is 9.18 Å². The van der Waals surface area contributed by atoms with Crippen molar-refractivity contribution in [2.75, 3.05) is 47.5 Å². The van der Waals surface area contributed by atoms with Crippen molar-refractivity contribution in [3.05, 3.63) is 59.7 Å². The van der Waals surface area contributed by atoms with Crippen LogP contribution < -0.4 is 14.2 Å². The van der Waals surface area contributed by atoms with Gasteiger partial charge in [-0.25, -0.2) is 4.39 Å². The Kier molecular flexibility index (Phi) is 7.56. The fraction of sp³-hybridized carbons (Fsp3) is 0.333. The molecule has 1 saturated heterocycles. The third kappa shape index (κ3) is 5.57. The van der Waals surface area contributed by atoms with Crippen LogP contribution in [0.3, 0.4) is 0 Å². The monoisotopic (exact) mass is 482 g/mol. The lowest BCUT2D eigenvalue weighted by Crippen LogP contribution is -2.48. The molecule has 0 atom stereocenters. The molecule has 11 heteroatoms. The third-order valence-electron chi connectivity index (χ3n) is 5.74. The number of piperazine rings is 1. The maximum absolute atomic E-state index is 13.6. The minimum absolute atomic E-state index is 0.0806. The summed E-state index contributed by atoms with van der Waals surface area (Å²) >= 11 is 0. The number of aromatic nitrogens is 4. The average Bonchev–Trinajstić information content (AvgIpc) is 3.35. The van der Waals surface area contributed by atoms with E-state index in [1.165, 1.54) is 16.8 Å². The van der Waals surface area contributed by atoms with Crippen molar-refractivity contribution in [1.82, 2.24) is 30.0 Å². The van der Waals surface area contributed by atoms with Crippen LogP contribution in [0.4, 0.5) is 4.39 Å². The van der Waals surface area contributed by atoms with Gasteiger partial charge in [0.1, 0.15) is 5.82 Å². The Labute approximate surface area is 202 Å². The summed E-state index contributed by atoms with van der Waals surface area (Å²) in [6.07, 6.45) is 3.27. The van der Waals surface area contributed by atoms with Crippen LogP contribution in [-0.4, -0.2) is 83.4 Å². The van der Waals surface area contributed by atoms with Crippen molar-refractivity contribution < 1.29 is 23.4 Å². The molecule has 0 saturated carbocycles. The number of amides is 1. The van der Waals surface area contributed by atoms with E-state index in [4.69, 9.17) is 14.2 Å². The Balaban J connectivity index is 1.36. The predicted octanol–water partition coefficient (Wildman–Crippen LogP) is 2.18. The Morgan fingerprint density at radius 1 is 1.03 bits per heavy atom. The standard InChI is InChI=1S/C24H27FN6O4/c1-33-20-13-17(14-21(34-2)24(20)35-3)7-8-23(32)30-11-9-29(10-12-30)16-22-26-27-28-31(22)19-6-4-5-18(25)15-19/h4-8,13-15H,9-12,16H2,1-3H3/b8-7-. The van der Waals surface area contributed by atoms with Gasteiger partial charge in [-0.1, -0.05) is 6.07 Å². The van der Waals surface area contributed by atoms with E-state index in [1.807, 2.05) is 0 Å². The van der Waals surface area contributed by atoms with Crippen LogP contribution in [0, 0.1) is 5.82 Å². The smallest absolute Gasteiger partial charge is 0.246 e. The van der Waals surface area contributed by atoms with Crippen LogP contribution in [0.2, 0.25) is 0 Å². The van der Waals surface area contributed by atoms with Crippen molar-refractivity contribution in [2.45, 2.75) is 6.54 Å². The van der Waals surface area contributed by atoms with Gasteiger partial charge in [0.05, 0.1) is 33.6 Å². The molecule has 2 aromatic carbocycles. The predicted molar refractivity (Wildman–Crippen MR) is 126 cm³/mol. The molecule has 0 unspecified atom stereocenters. The molecule has 0 radical (unpaired) electrons. The minimum atomic E-state index is -0.351. The van der Waals surface area contributed by atoms with E-state index in [2.05, 4.69) is 20.4 Å². The van der Waals surface area contributed by atoms with E-state index in [0.29, 0.717) is 61.5 Å². The zero-order valence-electron chi connectivity index (χ0n) is 19.8. The van der Waals surface area contributed by atoms with E-state index < -0.39 is 0 Å². The topological polar surface area (TPSA) is 94.8 Å². The van der Waals surface area contributed by atoms with Gasteiger partial charge in [-0.2, -0.15) is 4.68 Å². The fourth-order valence-electron chi connectivity index (χ4n) is 3.91. The van der Waals surface area contributed by atoms with Crippen LogP contribution in [0.5, 0.6) is 17.2 Å². The van der Waals surface area contributed by atoms with E-state index in [0.717, 1.165) is 5.56 Å². The van der Waals surface area contributed by atoms with Crippen LogP contribution >= 0.6 is 0 Å². The first-order chi connectivity index (χ1) is 17.0. The molecule has 2 heterocycles. The van der Waals surface area contributed by atoms with Crippen LogP contribution in [0.1, 0.15) is 11.4 Å². The Morgan fingerprint density at radius 3 is 2.37 bits per heavy atom. The van der Waals surface area contributed by atoms with Crippen molar-refractivity contribution >= 4 is 12.0 Å². The molecule has 0 aliphatic carbocycles. The number of hydrogen-bond donors (Lipinski definition) is 0. The highest BCUT2D eigenvalue weighted by Crippen LogP contribution is 2.38. The molecule has 0 bridgehead atoms. The lowest BCUT2D eigenvalue weighted by Gasteiger charge is -2.33. The summed E-state index contributed by atoms with van der Waals surface area (Å²) in [7, 11) is 4.64. The molecule has 0 spiro atoms. The zero-order chi connectivity index (χ0) is 24.8. The first kappa shape index (κ1) is 24.1. The van der Waals surface area contributed by atoms with Gasteiger partial charge in [0.2, 0.25) is 11.7 Å². The molecule has 1 aromatic heterocycles. The van der Waals surface area contributed by atoms with Gasteiger partial charge < -0.3 is 19.1 Å². The number of carbonyl (C=O) groups is 1. The van der Waals surface area contributed by atoms with Gasteiger partial charge in [-0.15, -0.1) is 5.10 Å². The second-order valence-electron chi connectivity index (χ2n) is 7.88. The first-order valence-corrected chi connectivity index (χ1v) is 11.0. The first-order valence-electron chi connectivity index (χ1n) is 11.0. The Bertz CT molecular complexity index is 1180. The highest BCUT2D eigenvalue weighted by atomic mass is 19.1. The van der Waals surface area contributed by atoms with Crippen molar-refractivity contribution in [3.63, 3.8) is 0 Å². The summed E-state index contributed by atoms with van der Waals surface area (Å²) in [4.78, 5) is 16.7. The van der Waals surface area contributed by atoms with E-state index in [-0.39, 0.29) is 11.7 Å². The zero-order valence-corrected chi connectivity index (χ0v) is 19.8. The third-order valence-corrected chi connectivity index (χ3v) is 5.74. The van der Waals surface area contributed by atoms with Crippen molar-refractivity contribution in [1.29, 1.82) is 0 Å². The SMILES string of the molecule is COc1cc(/C=C\C(=O)N2CCN(Cc3nnnn3-c3cccc(F)c3)CC2)cc(OC)c1OC. The van der Waals surface area contributed by atoms with Gasteiger partial charge in [0.25, 0.3) is 0 Å². The van der Waals surface area contributed by atoms with Gasteiger partial charge in [0, 0.05) is 32.3 Å². The van der Waals surface area contributed by atoms with Crippen LogP contribution in [-0.2, 0) is 11.3 Å². The number of rotatable bonds is 8. The average molecular weight is 483 g/mol. The van der Waals surface area contributed by atoms with Crippen molar-refractivity contribution in [3.8, 4) is 22.9 Å². The summed E-state index contributed by atoms with van der Waals surface area (Å²) in [5.41, 5.74) is 1.33. The lowest BCUT2D eigenvalue weighted by atomic mass is 10.1. The van der Waals surface area contributed by atoms with Crippen molar-refractivity contribution in [2.24, 2.45) is 0 Å². The molecule has 0 N–H and O–H groups in total. The Morgan fingerprint density at radius 2 is 1.74 bits per heavy atom. The summed E-state index contributed by atoms with van der Waals surface area (Å²) in [5.74, 6) is 1.72. The molecule has 3 aromatic rings. The van der Waals surface area contributed by atoms with Gasteiger partial charge in [-0.05, 0) is 52.4 Å². The molecule has 4 rings (SSSR count). The number of ether oxygens (including phenoxy) is 3. The second-order valence-corrected chi connectivity index (χ2v) is 7.88. The van der Waals surface area contributed by atoms with Gasteiger partial charge in [0.15, 0.2) is 17.3 Å². The molecule has 10 nitrogen and oxygen atoms in total. The summed E-state index contributed by atoms with van der Waals surface area (Å²) < 4.78 is 31.2. The number of tetrazole rings is 1. The largest absolute Gasteiger partial charge is 0.493 e. The number of halogens is 1. The maximum atomic E-state index is 13.6. The molecular formula is C24H27FN6O4. The Hall–Kier alpha value is -3.99. The summed E-state index contributed by atoms with van der Waals surface area (Å²) in [5, 5.41) is 11.8. The molecular weight excluding hydrogens is 455 g/mol. The lowest BCUT2D eigenvalue weighted by molar-refractivity contribution is -0.127. The maximum Gasteiger partial charge on any atom is 0.246 e. The van der Waals surface area contributed by atoms with Crippen LogP contribution in [0.25, 0.3) is 11.8 Å².